The molecular formula is C17H18N8. The molecule has 8 nitrogen and oxygen atoms in total. The lowest BCUT2D eigenvalue weighted by Gasteiger charge is -2.36. The van der Waals surface area contributed by atoms with Gasteiger partial charge in [0.15, 0.2) is 11.5 Å². The largest absolute Gasteiger partial charge is 0.353 e. The van der Waals surface area contributed by atoms with E-state index in [2.05, 4.69) is 36.1 Å². The molecule has 8 heteroatoms. The number of nitrogens with zero attached hydrogens (tertiary/aromatic N) is 8. The van der Waals surface area contributed by atoms with Crippen LogP contribution in [0.1, 0.15) is 17.1 Å². The zero-order valence-corrected chi connectivity index (χ0v) is 14.2. The van der Waals surface area contributed by atoms with Crippen LogP contribution in [0.5, 0.6) is 0 Å². The molecule has 4 rings (SSSR count). The fraction of sp³-hybridized carbons (Fsp3) is 0.353. The highest BCUT2D eigenvalue weighted by Gasteiger charge is 2.20. The maximum Gasteiger partial charge on any atom is 0.178 e. The van der Waals surface area contributed by atoms with Crippen molar-refractivity contribution in [3.63, 3.8) is 0 Å². The first kappa shape index (κ1) is 15.3. The Morgan fingerprint density at radius 3 is 2.32 bits per heavy atom. The number of nitriles is 1. The first-order chi connectivity index (χ1) is 12.2. The van der Waals surface area contributed by atoms with Crippen molar-refractivity contribution < 1.29 is 0 Å². The second-order valence-corrected chi connectivity index (χ2v) is 6.13. The average Bonchev–Trinajstić information content (AvgIpc) is 3.03. The van der Waals surface area contributed by atoms with Crippen LogP contribution in [0.2, 0.25) is 0 Å². The molecule has 3 aromatic rings. The van der Waals surface area contributed by atoms with Crippen LogP contribution in [-0.2, 0) is 0 Å². The molecule has 0 aromatic carbocycles. The fourth-order valence-corrected chi connectivity index (χ4v) is 3.03. The van der Waals surface area contributed by atoms with Gasteiger partial charge in [0, 0.05) is 26.2 Å². The Balaban J connectivity index is 1.51. The van der Waals surface area contributed by atoms with Crippen LogP contribution < -0.4 is 9.80 Å². The van der Waals surface area contributed by atoms with Crippen LogP contribution in [0.15, 0.2) is 24.3 Å². The van der Waals surface area contributed by atoms with E-state index in [0.717, 1.165) is 54.8 Å². The Morgan fingerprint density at radius 1 is 0.920 bits per heavy atom. The molecule has 0 saturated carbocycles. The Bertz CT molecular complexity index is 962. The minimum Gasteiger partial charge on any atom is -0.353 e. The summed E-state index contributed by atoms with van der Waals surface area (Å²) in [6, 6.07) is 10.0. The second kappa shape index (κ2) is 6.02. The predicted molar refractivity (Wildman–Crippen MR) is 93.6 cm³/mol. The topological polar surface area (TPSA) is 86.2 Å². The van der Waals surface area contributed by atoms with E-state index >= 15 is 0 Å². The molecule has 1 fully saturated rings. The summed E-state index contributed by atoms with van der Waals surface area (Å²) in [5, 5.41) is 21.9. The van der Waals surface area contributed by atoms with Crippen LogP contribution in [0.4, 0.5) is 11.6 Å². The minimum atomic E-state index is 0.495. The van der Waals surface area contributed by atoms with Gasteiger partial charge in [0.2, 0.25) is 0 Å². The summed E-state index contributed by atoms with van der Waals surface area (Å²) in [6.07, 6.45) is 0. The van der Waals surface area contributed by atoms with E-state index in [4.69, 9.17) is 5.26 Å². The molecule has 1 aliphatic rings. The Labute approximate surface area is 145 Å². The van der Waals surface area contributed by atoms with Crippen molar-refractivity contribution in [1.82, 2.24) is 24.8 Å². The third-order valence-electron chi connectivity index (χ3n) is 4.52. The number of piperazine rings is 1. The third-order valence-corrected chi connectivity index (χ3v) is 4.52. The van der Waals surface area contributed by atoms with E-state index in [1.54, 1.807) is 4.52 Å². The molecule has 0 aliphatic carbocycles. The number of pyridine rings is 1. The van der Waals surface area contributed by atoms with Gasteiger partial charge in [0.05, 0.1) is 0 Å². The van der Waals surface area contributed by atoms with Gasteiger partial charge in [-0.1, -0.05) is 6.07 Å². The molecule has 126 valence electrons. The fourth-order valence-electron chi connectivity index (χ4n) is 3.03. The maximum absolute atomic E-state index is 9.16. The molecule has 0 atom stereocenters. The molecular weight excluding hydrogens is 316 g/mol. The van der Waals surface area contributed by atoms with Gasteiger partial charge in [-0.15, -0.1) is 15.3 Å². The zero-order valence-electron chi connectivity index (χ0n) is 14.2. The Kier molecular flexibility index (Phi) is 3.69. The summed E-state index contributed by atoms with van der Waals surface area (Å²) in [5.74, 6) is 2.56. The molecule has 0 bridgehead atoms. The number of hydrogen-bond acceptors (Lipinski definition) is 7. The SMILES string of the molecule is Cc1ccc(N2CCN(c3ccc4nnc(C)n4n3)CC2)nc1C#N. The van der Waals surface area contributed by atoms with Crippen molar-refractivity contribution in [2.45, 2.75) is 13.8 Å². The van der Waals surface area contributed by atoms with Gasteiger partial charge in [-0.3, -0.25) is 0 Å². The quantitative estimate of drug-likeness (QED) is 0.699. The highest BCUT2D eigenvalue weighted by atomic mass is 15.4. The molecule has 1 saturated heterocycles. The number of rotatable bonds is 2. The van der Waals surface area contributed by atoms with E-state index in [1.807, 2.05) is 38.1 Å². The van der Waals surface area contributed by atoms with Crippen molar-refractivity contribution in [3.8, 4) is 6.07 Å². The van der Waals surface area contributed by atoms with Gasteiger partial charge in [-0.05, 0) is 37.6 Å². The average molecular weight is 334 g/mol. The summed E-state index contributed by atoms with van der Waals surface area (Å²) in [7, 11) is 0. The monoisotopic (exact) mass is 334 g/mol. The number of aryl methyl sites for hydroxylation is 2. The third kappa shape index (κ3) is 2.74. The minimum absolute atomic E-state index is 0.495. The molecule has 1 aliphatic heterocycles. The smallest absolute Gasteiger partial charge is 0.178 e. The Hall–Kier alpha value is -3.21. The molecule has 25 heavy (non-hydrogen) atoms. The molecule has 0 spiro atoms. The van der Waals surface area contributed by atoms with Crippen molar-refractivity contribution in [3.05, 3.63) is 41.3 Å². The summed E-state index contributed by atoms with van der Waals surface area (Å²) in [4.78, 5) is 8.92. The molecule has 0 unspecified atom stereocenters. The molecule has 0 amide bonds. The predicted octanol–water partition coefficient (Wildman–Crippen LogP) is 1.33. The highest BCUT2D eigenvalue weighted by molar-refractivity contribution is 5.49. The summed E-state index contributed by atoms with van der Waals surface area (Å²) >= 11 is 0. The number of aromatic nitrogens is 5. The lowest BCUT2D eigenvalue weighted by atomic mass is 10.2. The van der Waals surface area contributed by atoms with Crippen molar-refractivity contribution in [1.29, 1.82) is 5.26 Å². The first-order valence-electron chi connectivity index (χ1n) is 8.22. The lowest BCUT2D eigenvalue weighted by Crippen LogP contribution is -2.47. The number of anilines is 2. The standard InChI is InChI=1S/C17H18N8/c1-12-3-4-15(19-14(12)11-18)23-7-9-24(10-8-23)17-6-5-16-21-20-13(2)25(16)22-17/h3-6H,7-10H2,1-2H3. The molecule has 4 heterocycles. The second-order valence-electron chi connectivity index (χ2n) is 6.13. The van der Waals surface area contributed by atoms with Crippen LogP contribution in [0, 0.1) is 25.2 Å². The van der Waals surface area contributed by atoms with Crippen molar-refractivity contribution in [2.75, 3.05) is 36.0 Å². The van der Waals surface area contributed by atoms with Crippen molar-refractivity contribution in [2.24, 2.45) is 0 Å². The van der Waals surface area contributed by atoms with Gasteiger partial charge in [0.25, 0.3) is 0 Å². The summed E-state index contributed by atoms with van der Waals surface area (Å²) < 4.78 is 1.77. The number of hydrogen-bond donors (Lipinski definition) is 0. The van der Waals surface area contributed by atoms with Crippen molar-refractivity contribution >= 4 is 17.3 Å². The van der Waals surface area contributed by atoms with E-state index < -0.39 is 0 Å². The number of fused-ring (bicyclic) bond motifs is 1. The van der Waals surface area contributed by atoms with Crippen LogP contribution >= 0.6 is 0 Å². The normalized spacial score (nSPS) is 14.8. The van der Waals surface area contributed by atoms with Gasteiger partial charge >= 0.3 is 0 Å². The van der Waals surface area contributed by atoms with E-state index in [0.29, 0.717) is 5.69 Å². The van der Waals surface area contributed by atoms with Crippen LogP contribution in [0.25, 0.3) is 5.65 Å². The van der Waals surface area contributed by atoms with E-state index in [1.165, 1.54) is 0 Å². The summed E-state index contributed by atoms with van der Waals surface area (Å²) in [5.41, 5.74) is 2.16. The molecule has 0 radical (unpaired) electrons. The van der Waals surface area contributed by atoms with Gasteiger partial charge in [-0.2, -0.15) is 9.78 Å². The zero-order chi connectivity index (χ0) is 17.4. The maximum atomic E-state index is 9.16. The lowest BCUT2D eigenvalue weighted by molar-refractivity contribution is 0.635. The van der Waals surface area contributed by atoms with E-state index in [9.17, 15) is 0 Å². The molecule has 0 N–H and O–H groups in total. The highest BCUT2D eigenvalue weighted by Crippen LogP contribution is 2.19. The van der Waals surface area contributed by atoms with Gasteiger partial charge < -0.3 is 9.80 Å². The van der Waals surface area contributed by atoms with Gasteiger partial charge in [0.1, 0.15) is 23.4 Å². The van der Waals surface area contributed by atoms with Gasteiger partial charge in [-0.25, -0.2) is 4.98 Å². The van der Waals surface area contributed by atoms with Crippen LogP contribution in [0.3, 0.4) is 0 Å². The van der Waals surface area contributed by atoms with Crippen LogP contribution in [-0.4, -0.2) is 51.0 Å². The molecule has 3 aromatic heterocycles. The first-order valence-corrected chi connectivity index (χ1v) is 8.22. The van der Waals surface area contributed by atoms with E-state index in [-0.39, 0.29) is 0 Å². The Morgan fingerprint density at radius 2 is 1.60 bits per heavy atom. The summed E-state index contributed by atoms with van der Waals surface area (Å²) in [6.45, 7) is 7.16.